The van der Waals surface area contributed by atoms with Crippen LogP contribution in [0.1, 0.15) is 25.0 Å². The third-order valence-corrected chi connectivity index (χ3v) is 3.34. The fourth-order valence-electron chi connectivity index (χ4n) is 2.08. The molecule has 1 aromatic heterocycles. The normalized spacial score (nSPS) is 14.1. The number of benzene rings is 1. The van der Waals surface area contributed by atoms with Gasteiger partial charge in [-0.05, 0) is 19.4 Å². The van der Waals surface area contributed by atoms with Crippen LogP contribution in [-0.2, 0) is 10.4 Å². The molecule has 0 bridgehead atoms. The predicted octanol–water partition coefficient (Wildman–Crippen LogP) is 2.43. The van der Waals surface area contributed by atoms with E-state index >= 15 is 0 Å². The van der Waals surface area contributed by atoms with Crippen molar-refractivity contribution in [1.29, 1.82) is 0 Å². The van der Waals surface area contributed by atoms with Gasteiger partial charge in [-0.2, -0.15) is 0 Å². The van der Waals surface area contributed by atoms with Gasteiger partial charge in [0.25, 0.3) is 5.91 Å². The zero-order chi connectivity index (χ0) is 14.8. The van der Waals surface area contributed by atoms with Crippen LogP contribution in [0, 0.1) is 0 Å². The van der Waals surface area contributed by atoms with Crippen molar-refractivity contribution in [3.05, 3.63) is 58.9 Å². The van der Waals surface area contributed by atoms with Crippen molar-refractivity contribution in [1.82, 2.24) is 10.3 Å². The van der Waals surface area contributed by atoms with Gasteiger partial charge in [0.15, 0.2) is 5.60 Å². The van der Waals surface area contributed by atoms with Gasteiger partial charge in [-0.25, -0.2) is 0 Å². The first-order valence-corrected chi connectivity index (χ1v) is 6.75. The first kappa shape index (κ1) is 14.6. The van der Waals surface area contributed by atoms with Crippen LogP contribution in [0.3, 0.4) is 0 Å². The molecular formula is C15H17ClN2O2. The van der Waals surface area contributed by atoms with E-state index in [1.54, 1.807) is 24.3 Å². The van der Waals surface area contributed by atoms with Crippen molar-refractivity contribution in [2.24, 2.45) is 0 Å². The van der Waals surface area contributed by atoms with E-state index in [0.717, 1.165) is 0 Å². The molecule has 2 rings (SSSR count). The molecule has 1 atom stereocenters. The van der Waals surface area contributed by atoms with E-state index in [9.17, 15) is 9.90 Å². The summed E-state index contributed by atoms with van der Waals surface area (Å²) in [7, 11) is 0. The molecule has 0 spiro atoms. The average molecular weight is 293 g/mol. The zero-order valence-corrected chi connectivity index (χ0v) is 12.1. The van der Waals surface area contributed by atoms with Crippen LogP contribution in [0.4, 0.5) is 0 Å². The van der Waals surface area contributed by atoms with Crippen LogP contribution in [-0.4, -0.2) is 22.0 Å². The molecule has 1 unspecified atom stereocenters. The molecule has 0 saturated heterocycles. The van der Waals surface area contributed by atoms with Gasteiger partial charge in [-0.15, -0.1) is 0 Å². The minimum absolute atomic E-state index is 0.0875. The molecule has 0 saturated carbocycles. The molecule has 1 aromatic carbocycles. The quantitative estimate of drug-likeness (QED) is 0.810. The summed E-state index contributed by atoms with van der Waals surface area (Å²) in [5.74, 6) is -0.500. The van der Waals surface area contributed by atoms with Crippen LogP contribution < -0.4 is 5.32 Å². The summed E-state index contributed by atoms with van der Waals surface area (Å²) in [6, 6.07) is 8.66. The molecule has 1 heterocycles. The number of carbonyl (C=O) groups is 1. The van der Waals surface area contributed by atoms with Gasteiger partial charge in [0, 0.05) is 24.0 Å². The van der Waals surface area contributed by atoms with Crippen molar-refractivity contribution in [2.45, 2.75) is 25.5 Å². The molecule has 2 aromatic rings. The number of halogens is 1. The highest BCUT2D eigenvalue weighted by Crippen LogP contribution is 2.34. The second kappa shape index (κ2) is 5.69. The molecule has 5 heteroatoms. The second-order valence-electron chi connectivity index (χ2n) is 4.92. The largest absolute Gasteiger partial charge is 0.372 e. The number of H-pyrrole nitrogens is 1. The predicted molar refractivity (Wildman–Crippen MR) is 78.5 cm³/mol. The summed E-state index contributed by atoms with van der Waals surface area (Å²) < 4.78 is 0. The fraction of sp³-hybridized carbons (Fsp3) is 0.267. The highest BCUT2D eigenvalue weighted by molar-refractivity contribution is 6.31. The number of carbonyl (C=O) groups excluding carboxylic acids is 1. The standard InChI is InChI=1S/C15H17ClN2O2/c1-10(2)18-14(19)15(20,11-6-4-3-5-7-11)12-8-17-9-13(12)16/h3-10,17,20H,1-2H3,(H,18,19). The molecule has 3 N–H and O–H groups in total. The average Bonchev–Trinajstić information content (AvgIpc) is 2.84. The number of amides is 1. The number of hydrogen-bond acceptors (Lipinski definition) is 2. The van der Waals surface area contributed by atoms with E-state index < -0.39 is 11.5 Å². The SMILES string of the molecule is CC(C)NC(=O)C(O)(c1ccccc1)c1c[nH]cc1Cl. The Morgan fingerprint density at radius 3 is 2.45 bits per heavy atom. The van der Waals surface area contributed by atoms with Crippen LogP contribution in [0.5, 0.6) is 0 Å². The molecule has 0 fully saturated rings. The Kier molecular flexibility index (Phi) is 4.16. The van der Waals surface area contributed by atoms with Gasteiger partial charge in [-0.3, -0.25) is 4.79 Å². The summed E-state index contributed by atoms with van der Waals surface area (Å²) in [5.41, 5.74) is -1.01. The van der Waals surface area contributed by atoms with E-state index in [4.69, 9.17) is 11.6 Å². The lowest BCUT2D eigenvalue weighted by Gasteiger charge is -2.28. The highest BCUT2D eigenvalue weighted by atomic mass is 35.5. The van der Waals surface area contributed by atoms with Gasteiger partial charge >= 0.3 is 0 Å². The Morgan fingerprint density at radius 1 is 1.30 bits per heavy atom. The third kappa shape index (κ3) is 2.57. The maximum Gasteiger partial charge on any atom is 0.261 e. The summed E-state index contributed by atoms with van der Waals surface area (Å²) >= 11 is 6.08. The van der Waals surface area contributed by atoms with Crippen LogP contribution >= 0.6 is 11.6 Å². The van der Waals surface area contributed by atoms with E-state index in [-0.39, 0.29) is 6.04 Å². The second-order valence-corrected chi connectivity index (χ2v) is 5.33. The molecule has 4 nitrogen and oxygen atoms in total. The number of aliphatic hydroxyl groups is 1. The van der Waals surface area contributed by atoms with Crippen LogP contribution in [0.2, 0.25) is 5.02 Å². The lowest BCUT2D eigenvalue weighted by Crippen LogP contribution is -2.47. The van der Waals surface area contributed by atoms with Crippen molar-refractivity contribution in [3.63, 3.8) is 0 Å². The van der Waals surface area contributed by atoms with Crippen LogP contribution in [0.15, 0.2) is 42.7 Å². The lowest BCUT2D eigenvalue weighted by atomic mass is 9.87. The first-order chi connectivity index (χ1) is 9.46. The van der Waals surface area contributed by atoms with Gasteiger partial charge in [0.05, 0.1) is 5.02 Å². The molecule has 106 valence electrons. The minimum atomic E-state index is -1.82. The summed E-state index contributed by atoms with van der Waals surface area (Å²) in [6.07, 6.45) is 3.07. The number of rotatable bonds is 4. The Hall–Kier alpha value is -1.78. The fourth-order valence-corrected chi connectivity index (χ4v) is 2.33. The lowest BCUT2D eigenvalue weighted by molar-refractivity contribution is -0.137. The van der Waals surface area contributed by atoms with Gasteiger partial charge in [-0.1, -0.05) is 41.9 Å². The maximum atomic E-state index is 12.5. The molecule has 0 aliphatic carbocycles. The maximum absolute atomic E-state index is 12.5. The van der Waals surface area contributed by atoms with Gasteiger partial charge < -0.3 is 15.4 Å². The Labute approximate surface area is 122 Å². The summed E-state index contributed by atoms with van der Waals surface area (Å²) in [5, 5.41) is 14.1. The number of aromatic nitrogens is 1. The highest BCUT2D eigenvalue weighted by Gasteiger charge is 2.42. The molecular weight excluding hydrogens is 276 g/mol. The van der Waals surface area contributed by atoms with Gasteiger partial charge in [0.1, 0.15) is 0 Å². The number of nitrogens with one attached hydrogen (secondary N) is 2. The molecule has 20 heavy (non-hydrogen) atoms. The Balaban J connectivity index is 2.55. The molecule has 1 amide bonds. The van der Waals surface area contributed by atoms with E-state index in [2.05, 4.69) is 10.3 Å². The van der Waals surface area contributed by atoms with Crippen molar-refractivity contribution >= 4 is 17.5 Å². The zero-order valence-electron chi connectivity index (χ0n) is 11.4. The van der Waals surface area contributed by atoms with E-state index in [0.29, 0.717) is 16.1 Å². The minimum Gasteiger partial charge on any atom is -0.372 e. The monoisotopic (exact) mass is 292 g/mol. The smallest absolute Gasteiger partial charge is 0.261 e. The first-order valence-electron chi connectivity index (χ1n) is 6.38. The third-order valence-electron chi connectivity index (χ3n) is 3.02. The number of aromatic amines is 1. The molecule has 0 aliphatic rings. The number of hydrogen-bond donors (Lipinski definition) is 3. The van der Waals surface area contributed by atoms with Crippen LogP contribution in [0.25, 0.3) is 0 Å². The molecule has 0 radical (unpaired) electrons. The van der Waals surface area contributed by atoms with Crippen molar-refractivity contribution in [2.75, 3.05) is 0 Å². The van der Waals surface area contributed by atoms with E-state index in [1.807, 2.05) is 19.9 Å². The summed E-state index contributed by atoms with van der Waals surface area (Å²) in [6.45, 7) is 3.67. The molecule has 0 aliphatic heterocycles. The van der Waals surface area contributed by atoms with E-state index in [1.165, 1.54) is 12.4 Å². The topological polar surface area (TPSA) is 65.1 Å². The van der Waals surface area contributed by atoms with Crippen molar-refractivity contribution < 1.29 is 9.90 Å². The summed E-state index contributed by atoms with van der Waals surface area (Å²) in [4.78, 5) is 15.3. The van der Waals surface area contributed by atoms with Gasteiger partial charge in [0.2, 0.25) is 0 Å². The van der Waals surface area contributed by atoms with Crippen molar-refractivity contribution in [3.8, 4) is 0 Å². The Morgan fingerprint density at radius 2 is 1.95 bits per heavy atom. The Bertz CT molecular complexity index is 595.